The maximum absolute atomic E-state index is 5.64. The molecule has 0 aliphatic rings. The standard InChI is InChI=1S/C19H23N5/c1-4-11-19(12-5-2,13-6-3)15-9-7-14(8-10-15)16-22-17(20)24-18(21)23-16/h4-10H,1-3,11-13H2,(H4,20,21,22,23,24). The lowest BCUT2D eigenvalue weighted by Gasteiger charge is -2.32. The molecule has 1 aromatic heterocycles. The second kappa shape index (κ2) is 7.55. The first kappa shape index (κ1) is 17.4. The third kappa shape index (κ3) is 3.68. The fourth-order valence-corrected chi connectivity index (χ4v) is 2.94. The first-order valence-corrected chi connectivity index (χ1v) is 7.75. The minimum Gasteiger partial charge on any atom is -0.368 e. The zero-order valence-electron chi connectivity index (χ0n) is 13.8. The highest BCUT2D eigenvalue weighted by molar-refractivity contribution is 5.58. The summed E-state index contributed by atoms with van der Waals surface area (Å²) < 4.78 is 0. The summed E-state index contributed by atoms with van der Waals surface area (Å²) in [5, 5.41) is 0. The smallest absolute Gasteiger partial charge is 0.225 e. The first-order valence-electron chi connectivity index (χ1n) is 7.75. The van der Waals surface area contributed by atoms with Crippen molar-refractivity contribution in [1.82, 2.24) is 15.0 Å². The summed E-state index contributed by atoms with van der Waals surface area (Å²) in [6.45, 7) is 11.7. The van der Waals surface area contributed by atoms with Crippen molar-refractivity contribution in [3.05, 3.63) is 67.8 Å². The summed E-state index contributed by atoms with van der Waals surface area (Å²) >= 11 is 0. The van der Waals surface area contributed by atoms with E-state index in [-0.39, 0.29) is 17.3 Å². The van der Waals surface area contributed by atoms with Gasteiger partial charge < -0.3 is 11.5 Å². The van der Waals surface area contributed by atoms with Crippen LogP contribution in [0.1, 0.15) is 24.8 Å². The third-order valence-corrected chi connectivity index (χ3v) is 4.03. The van der Waals surface area contributed by atoms with Gasteiger partial charge >= 0.3 is 0 Å². The van der Waals surface area contributed by atoms with Gasteiger partial charge in [0, 0.05) is 11.0 Å². The van der Waals surface area contributed by atoms with Gasteiger partial charge in [-0.1, -0.05) is 42.5 Å². The van der Waals surface area contributed by atoms with Gasteiger partial charge in [-0.25, -0.2) is 0 Å². The highest BCUT2D eigenvalue weighted by Crippen LogP contribution is 2.37. The summed E-state index contributed by atoms with van der Waals surface area (Å²) in [4.78, 5) is 12.1. The number of nitrogen functional groups attached to an aromatic ring is 2. The molecule has 2 rings (SSSR count). The number of rotatable bonds is 8. The van der Waals surface area contributed by atoms with Crippen LogP contribution in [0.5, 0.6) is 0 Å². The Labute approximate surface area is 142 Å². The molecule has 0 aliphatic heterocycles. The number of hydrogen-bond donors (Lipinski definition) is 2. The zero-order valence-corrected chi connectivity index (χ0v) is 13.8. The van der Waals surface area contributed by atoms with E-state index in [2.05, 4.69) is 46.8 Å². The summed E-state index contributed by atoms with van der Waals surface area (Å²) in [6.07, 6.45) is 8.35. The van der Waals surface area contributed by atoms with Crippen LogP contribution < -0.4 is 11.5 Å². The van der Waals surface area contributed by atoms with Crippen LogP contribution in [0.15, 0.2) is 62.2 Å². The summed E-state index contributed by atoms with van der Waals surface area (Å²) in [5.41, 5.74) is 13.2. The van der Waals surface area contributed by atoms with Crippen LogP contribution in [-0.4, -0.2) is 15.0 Å². The molecular weight excluding hydrogens is 298 g/mol. The molecule has 0 atom stereocenters. The average Bonchev–Trinajstić information content (AvgIpc) is 2.55. The maximum Gasteiger partial charge on any atom is 0.225 e. The highest BCUT2D eigenvalue weighted by atomic mass is 15.1. The van der Waals surface area contributed by atoms with Crippen LogP contribution in [0.25, 0.3) is 11.4 Å². The zero-order chi connectivity index (χ0) is 17.6. The van der Waals surface area contributed by atoms with Crippen molar-refractivity contribution in [3.63, 3.8) is 0 Å². The van der Waals surface area contributed by atoms with Gasteiger partial charge in [-0.15, -0.1) is 19.7 Å². The van der Waals surface area contributed by atoms with Crippen molar-refractivity contribution in [2.24, 2.45) is 0 Å². The van der Waals surface area contributed by atoms with Gasteiger partial charge in [0.05, 0.1) is 0 Å². The SMILES string of the molecule is C=CCC(CC=C)(CC=C)c1ccc(-c2nc(N)nc(N)n2)cc1. The number of hydrogen-bond acceptors (Lipinski definition) is 5. The van der Waals surface area contributed by atoms with Crippen molar-refractivity contribution < 1.29 is 0 Å². The van der Waals surface area contributed by atoms with E-state index in [0.29, 0.717) is 5.82 Å². The number of allylic oxidation sites excluding steroid dienone is 3. The third-order valence-electron chi connectivity index (χ3n) is 4.03. The molecule has 2 aromatic rings. The Morgan fingerprint density at radius 2 is 1.25 bits per heavy atom. The Morgan fingerprint density at radius 1 is 0.792 bits per heavy atom. The number of nitrogens with zero attached hydrogens (tertiary/aromatic N) is 3. The molecule has 5 heteroatoms. The number of anilines is 2. The van der Waals surface area contributed by atoms with Crippen LogP contribution in [0.3, 0.4) is 0 Å². The highest BCUT2D eigenvalue weighted by Gasteiger charge is 2.28. The van der Waals surface area contributed by atoms with Crippen LogP contribution in [0.2, 0.25) is 0 Å². The van der Waals surface area contributed by atoms with Gasteiger partial charge in [0.25, 0.3) is 0 Å². The summed E-state index contributed by atoms with van der Waals surface area (Å²) in [7, 11) is 0. The predicted molar refractivity (Wildman–Crippen MR) is 100 cm³/mol. The topological polar surface area (TPSA) is 90.7 Å². The normalized spacial score (nSPS) is 11.0. The molecule has 5 nitrogen and oxygen atoms in total. The fraction of sp³-hybridized carbons (Fsp3) is 0.211. The van der Waals surface area contributed by atoms with E-state index in [1.54, 1.807) is 0 Å². The van der Waals surface area contributed by atoms with Gasteiger partial charge in [-0.2, -0.15) is 15.0 Å². The Hall–Kier alpha value is -2.95. The quantitative estimate of drug-likeness (QED) is 0.724. The molecular formula is C19H23N5. The number of benzene rings is 1. The monoisotopic (exact) mass is 321 g/mol. The first-order chi connectivity index (χ1) is 11.5. The lowest BCUT2D eigenvalue weighted by atomic mass is 9.72. The maximum atomic E-state index is 5.64. The van der Waals surface area contributed by atoms with Gasteiger partial charge in [0.1, 0.15) is 0 Å². The molecule has 0 fully saturated rings. The molecule has 1 aromatic carbocycles. The molecule has 24 heavy (non-hydrogen) atoms. The van der Waals surface area contributed by atoms with Gasteiger partial charge in [0.15, 0.2) is 5.82 Å². The van der Waals surface area contributed by atoms with Gasteiger partial charge in [0.2, 0.25) is 11.9 Å². The molecule has 0 spiro atoms. The Kier molecular flexibility index (Phi) is 5.47. The van der Waals surface area contributed by atoms with Gasteiger partial charge in [-0.3, -0.25) is 0 Å². The summed E-state index contributed by atoms with van der Waals surface area (Å²) in [6, 6.07) is 8.07. The van der Waals surface area contributed by atoms with E-state index in [1.807, 2.05) is 30.4 Å². The van der Waals surface area contributed by atoms with E-state index < -0.39 is 0 Å². The van der Waals surface area contributed by atoms with Crippen molar-refractivity contribution in [2.75, 3.05) is 11.5 Å². The molecule has 1 heterocycles. The van der Waals surface area contributed by atoms with E-state index in [1.165, 1.54) is 5.56 Å². The molecule has 0 bridgehead atoms. The second-order valence-electron chi connectivity index (χ2n) is 5.71. The van der Waals surface area contributed by atoms with Gasteiger partial charge in [-0.05, 0) is 24.8 Å². The van der Waals surface area contributed by atoms with Crippen LogP contribution in [-0.2, 0) is 5.41 Å². The van der Waals surface area contributed by atoms with Crippen molar-refractivity contribution >= 4 is 11.9 Å². The number of aromatic nitrogens is 3. The lowest BCUT2D eigenvalue weighted by molar-refractivity contribution is 0.442. The number of nitrogens with two attached hydrogens (primary N) is 2. The molecule has 0 aliphatic carbocycles. The Bertz CT molecular complexity index is 687. The molecule has 124 valence electrons. The Balaban J connectivity index is 2.43. The molecule has 0 saturated carbocycles. The minimum absolute atomic E-state index is 0.0824. The van der Waals surface area contributed by atoms with Crippen molar-refractivity contribution in [2.45, 2.75) is 24.7 Å². The second-order valence-corrected chi connectivity index (χ2v) is 5.71. The molecule has 0 unspecified atom stereocenters. The van der Waals surface area contributed by atoms with Crippen molar-refractivity contribution in [1.29, 1.82) is 0 Å². The van der Waals surface area contributed by atoms with Crippen LogP contribution >= 0.6 is 0 Å². The summed E-state index contributed by atoms with van der Waals surface area (Å²) in [5.74, 6) is 0.690. The van der Waals surface area contributed by atoms with Crippen LogP contribution in [0, 0.1) is 0 Å². The van der Waals surface area contributed by atoms with Crippen LogP contribution in [0.4, 0.5) is 11.9 Å². The molecule has 0 saturated heterocycles. The van der Waals surface area contributed by atoms with E-state index in [4.69, 9.17) is 11.5 Å². The fourth-order valence-electron chi connectivity index (χ4n) is 2.94. The predicted octanol–water partition coefficient (Wildman–Crippen LogP) is 3.67. The Morgan fingerprint density at radius 3 is 1.67 bits per heavy atom. The lowest BCUT2D eigenvalue weighted by Crippen LogP contribution is -2.24. The molecule has 0 radical (unpaired) electrons. The largest absolute Gasteiger partial charge is 0.368 e. The average molecular weight is 321 g/mol. The molecule has 0 amide bonds. The van der Waals surface area contributed by atoms with Crippen molar-refractivity contribution in [3.8, 4) is 11.4 Å². The van der Waals surface area contributed by atoms with E-state index >= 15 is 0 Å². The molecule has 4 N–H and O–H groups in total. The van der Waals surface area contributed by atoms with E-state index in [9.17, 15) is 0 Å². The van der Waals surface area contributed by atoms with E-state index in [0.717, 1.165) is 24.8 Å². The minimum atomic E-state index is -0.0824.